The van der Waals surface area contributed by atoms with Crippen LogP contribution < -0.4 is 0 Å². The van der Waals surface area contributed by atoms with Crippen LogP contribution >= 0.6 is 0 Å². The fraction of sp³-hybridized carbons (Fsp3) is 0.500. The van der Waals surface area contributed by atoms with Crippen LogP contribution in [0.1, 0.15) is 29.5 Å². The lowest BCUT2D eigenvalue weighted by Gasteiger charge is -2.39. The minimum absolute atomic E-state index is 0.140. The highest BCUT2D eigenvalue weighted by Crippen LogP contribution is 2.47. The molecule has 1 saturated heterocycles. The number of benzene rings is 1. The van der Waals surface area contributed by atoms with Gasteiger partial charge in [0.05, 0.1) is 12.2 Å². The van der Waals surface area contributed by atoms with E-state index in [4.69, 9.17) is 4.74 Å². The summed E-state index contributed by atoms with van der Waals surface area (Å²) in [5.74, 6) is 0. The Morgan fingerprint density at radius 3 is 2.85 bits per heavy atom. The molecule has 0 bridgehead atoms. The van der Waals surface area contributed by atoms with E-state index >= 15 is 0 Å². The predicted octanol–water partition coefficient (Wildman–Crippen LogP) is 2.56. The van der Waals surface area contributed by atoms with E-state index in [1.54, 1.807) is 0 Å². The van der Waals surface area contributed by atoms with Gasteiger partial charge in [0.25, 0.3) is 0 Å². The van der Waals surface area contributed by atoms with Crippen LogP contribution in [0.5, 0.6) is 0 Å². The molecule has 3 rings (SSSR count). The highest BCUT2D eigenvalue weighted by molar-refractivity contribution is 5.41. The van der Waals surface area contributed by atoms with Crippen molar-refractivity contribution in [1.29, 1.82) is 0 Å². The van der Waals surface area contributed by atoms with Crippen LogP contribution in [0.25, 0.3) is 0 Å². The molecule has 1 nitrogen and oxygen atoms in total. The number of rotatable bonds is 0. The van der Waals surface area contributed by atoms with Gasteiger partial charge >= 0.3 is 0 Å². The Labute approximate surface area is 78.7 Å². The smallest absolute Gasteiger partial charge is 0.0959 e. The fourth-order valence-corrected chi connectivity index (χ4v) is 2.56. The lowest BCUT2D eigenvalue weighted by atomic mass is 9.87. The second-order valence-electron chi connectivity index (χ2n) is 4.25. The van der Waals surface area contributed by atoms with Crippen molar-refractivity contribution in [3.05, 3.63) is 34.9 Å². The van der Waals surface area contributed by atoms with E-state index in [2.05, 4.69) is 25.1 Å². The van der Waals surface area contributed by atoms with E-state index in [1.807, 2.05) is 0 Å². The number of hydrogen-bond acceptors (Lipinski definition) is 1. The molecule has 1 heteroatoms. The van der Waals surface area contributed by atoms with E-state index in [0.717, 1.165) is 6.61 Å². The van der Waals surface area contributed by atoms with Crippen LogP contribution in [0.2, 0.25) is 0 Å². The van der Waals surface area contributed by atoms with Gasteiger partial charge < -0.3 is 4.74 Å². The average molecular weight is 174 g/mol. The van der Waals surface area contributed by atoms with E-state index in [0.29, 0.717) is 0 Å². The molecule has 1 aliphatic carbocycles. The van der Waals surface area contributed by atoms with Crippen molar-refractivity contribution in [2.24, 2.45) is 0 Å². The third-order valence-corrected chi connectivity index (χ3v) is 3.44. The summed E-state index contributed by atoms with van der Waals surface area (Å²) in [6.07, 6.45) is 3.63. The Balaban J connectivity index is 2.14. The second kappa shape index (κ2) is 2.36. The largest absolute Gasteiger partial charge is 0.370 e. The molecule has 68 valence electrons. The zero-order valence-electron chi connectivity index (χ0n) is 7.97. The molecule has 13 heavy (non-hydrogen) atoms. The van der Waals surface area contributed by atoms with E-state index in [9.17, 15) is 0 Å². The maximum Gasteiger partial charge on any atom is 0.0959 e. The monoisotopic (exact) mass is 174 g/mol. The summed E-state index contributed by atoms with van der Waals surface area (Å²) in [7, 11) is 0. The van der Waals surface area contributed by atoms with Gasteiger partial charge in [-0.1, -0.05) is 23.8 Å². The van der Waals surface area contributed by atoms with Crippen LogP contribution in [0.4, 0.5) is 0 Å². The normalized spacial score (nSPS) is 30.2. The predicted molar refractivity (Wildman–Crippen MR) is 51.7 cm³/mol. The maximum atomic E-state index is 5.76. The standard InChI is InChI=1S/C12H14O/c1-9-2-3-10-4-5-12(6-7-13-12)11(10)8-9/h2-3,8H,4-7H2,1H3. The van der Waals surface area contributed by atoms with Crippen molar-refractivity contribution in [3.63, 3.8) is 0 Å². The number of fused-ring (bicyclic) bond motifs is 2. The summed E-state index contributed by atoms with van der Waals surface area (Å²) >= 11 is 0. The molecular formula is C12H14O. The first-order chi connectivity index (χ1) is 6.30. The zero-order chi connectivity index (χ0) is 8.89. The number of hydrogen-bond donors (Lipinski definition) is 0. The maximum absolute atomic E-state index is 5.76. The number of ether oxygens (including phenoxy) is 1. The summed E-state index contributed by atoms with van der Waals surface area (Å²) in [5.41, 5.74) is 4.47. The molecule has 1 spiro atoms. The summed E-state index contributed by atoms with van der Waals surface area (Å²) in [6, 6.07) is 6.78. The topological polar surface area (TPSA) is 9.23 Å². The molecule has 2 aliphatic rings. The van der Waals surface area contributed by atoms with Gasteiger partial charge in [-0.25, -0.2) is 0 Å². The van der Waals surface area contributed by atoms with Crippen LogP contribution in [0.3, 0.4) is 0 Å². The first kappa shape index (κ1) is 7.57. The summed E-state index contributed by atoms with van der Waals surface area (Å²) < 4.78 is 5.76. The molecule has 1 heterocycles. The Bertz CT molecular complexity index is 350. The molecule has 1 aromatic rings. The molecule has 1 atom stereocenters. The van der Waals surface area contributed by atoms with Crippen LogP contribution in [-0.4, -0.2) is 6.61 Å². The van der Waals surface area contributed by atoms with Gasteiger partial charge in [0.2, 0.25) is 0 Å². The van der Waals surface area contributed by atoms with Crippen LogP contribution in [0.15, 0.2) is 18.2 Å². The van der Waals surface area contributed by atoms with Gasteiger partial charge in [-0.3, -0.25) is 0 Å². The zero-order valence-corrected chi connectivity index (χ0v) is 7.97. The van der Waals surface area contributed by atoms with Gasteiger partial charge in [-0.2, -0.15) is 0 Å². The van der Waals surface area contributed by atoms with Crippen molar-refractivity contribution in [2.45, 2.75) is 31.8 Å². The van der Waals surface area contributed by atoms with Crippen LogP contribution in [-0.2, 0) is 16.8 Å². The Kier molecular flexibility index (Phi) is 1.37. The van der Waals surface area contributed by atoms with Crippen molar-refractivity contribution in [3.8, 4) is 0 Å². The van der Waals surface area contributed by atoms with Crippen molar-refractivity contribution in [2.75, 3.05) is 6.61 Å². The third-order valence-electron chi connectivity index (χ3n) is 3.44. The molecule has 0 saturated carbocycles. The minimum atomic E-state index is 0.140. The Hall–Kier alpha value is -0.820. The van der Waals surface area contributed by atoms with E-state index < -0.39 is 0 Å². The molecule has 1 unspecified atom stereocenters. The molecule has 1 aliphatic heterocycles. The second-order valence-corrected chi connectivity index (χ2v) is 4.25. The van der Waals surface area contributed by atoms with E-state index in [-0.39, 0.29) is 5.60 Å². The molecular weight excluding hydrogens is 160 g/mol. The lowest BCUT2D eigenvalue weighted by Crippen LogP contribution is -2.38. The summed E-state index contributed by atoms with van der Waals surface area (Å²) in [4.78, 5) is 0. The third kappa shape index (κ3) is 0.910. The quantitative estimate of drug-likeness (QED) is 0.587. The average Bonchev–Trinajstić information content (AvgIpc) is 2.41. The van der Waals surface area contributed by atoms with Gasteiger partial charge in [0.1, 0.15) is 0 Å². The lowest BCUT2D eigenvalue weighted by molar-refractivity contribution is -0.152. The summed E-state index contributed by atoms with van der Waals surface area (Å²) in [6.45, 7) is 3.11. The van der Waals surface area contributed by atoms with Gasteiger partial charge in [-0.05, 0) is 30.9 Å². The van der Waals surface area contributed by atoms with Gasteiger partial charge in [0, 0.05) is 6.42 Å². The van der Waals surface area contributed by atoms with E-state index in [1.165, 1.54) is 36.0 Å². The Morgan fingerprint density at radius 2 is 2.15 bits per heavy atom. The van der Waals surface area contributed by atoms with Crippen molar-refractivity contribution < 1.29 is 4.74 Å². The highest BCUT2D eigenvalue weighted by Gasteiger charge is 2.44. The highest BCUT2D eigenvalue weighted by atomic mass is 16.5. The summed E-state index contributed by atoms with van der Waals surface area (Å²) in [5, 5.41) is 0. The van der Waals surface area contributed by atoms with Gasteiger partial charge in [-0.15, -0.1) is 0 Å². The SMILES string of the molecule is Cc1ccc2c(c1)C1(CCO1)CC2. The van der Waals surface area contributed by atoms with Gasteiger partial charge in [0.15, 0.2) is 0 Å². The minimum Gasteiger partial charge on any atom is -0.370 e. The molecule has 0 N–H and O–H groups in total. The first-order valence-corrected chi connectivity index (χ1v) is 5.04. The van der Waals surface area contributed by atoms with Crippen molar-refractivity contribution in [1.82, 2.24) is 0 Å². The van der Waals surface area contributed by atoms with Crippen molar-refractivity contribution >= 4 is 0 Å². The molecule has 1 fully saturated rings. The number of aryl methyl sites for hydroxylation is 2. The molecule has 0 amide bonds. The fourth-order valence-electron chi connectivity index (χ4n) is 2.56. The molecule has 0 radical (unpaired) electrons. The molecule has 0 aromatic heterocycles. The van der Waals surface area contributed by atoms with Crippen LogP contribution in [0, 0.1) is 6.92 Å². The Morgan fingerprint density at radius 1 is 1.31 bits per heavy atom. The first-order valence-electron chi connectivity index (χ1n) is 5.04. The molecule has 1 aromatic carbocycles.